The molecule has 148 valence electrons. The smallest absolute Gasteiger partial charge is 0.305 e. The average Bonchev–Trinajstić information content (AvgIpc) is 2.62. The lowest BCUT2D eigenvalue weighted by atomic mass is 10.1. The van der Waals surface area contributed by atoms with Crippen LogP contribution in [0.4, 0.5) is 0 Å². The van der Waals surface area contributed by atoms with Gasteiger partial charge in [0.05, 0.1) is 0 Å². The molecule has 0 amide bonds. The SMILES string of the molecule is CCCCCCCC/C=C/CCCCCCCCCC(=O)OCCS. The Bertz CT molecular complexity index is 302. The minimum absolute atomic E-state index is 0.0678. The lowest BCUT2D eigenvalue weighted by molar-refractivity contribution is -0.143. The van der Waals surface area contributed by atoms with Crippen LogP contribution in [0.3, 0.4) is 0 Å². The fraction of sp³-hybridized carbons (Fsp3) is 0.864. The zero-order valence-electron chi connectivity index (χ0n) is 16.6. The summed E-state index contributed by atoms with van der Waals surface area (Å²) in [5.41, 5.74) is 0. The van der Waals surface area contributed by atoms with Crippen LogP contribution in [0.2, 0.25) is 0 Å². The third kappa shape index (κ3) is 21.5. The molecular weight excluding hydrogens is 328 g/mol. The van der Waals surface area contributed by atoms with Crippen LogP contribution in [0.5, 0.6) is 0 Å². The Balaban J connectivity index is 3.13. The first kappa shape index (κ1) is 24.6. The van der Waals surface area contributed by atoms with Crippen molar-refractivity contribution in [1.82, 2.24) is 0 Å². The van der Waals surface area contributed by atoms with Gasteiger partial charge in [-0.25, -0.2) is 0 Å². The van der Waals surface area contributed by atoms with E-state index in [1.54, 1.807) is 0 Å². The van der Waals surface area contributed by atoms with E-state index in [2.05, 4.69) is 31.7 Å². The lowest BCUT2D eigenvalue weighted by Gasteiger charge is -2.03. The summed E-state index contributed by atoms with van der Waals surface area (Å²) in [6, 6.07) is 0. The number of unbranched alkanes of at least 4 members (excludes halogenated alkanes) is 13. The molecule has 0 radical (unpaired) electrons. The maximum absolute atomic E-state index is 11.3. The number of thiol groups is 1. The number of hydrogen-bond acceptors (Lipinski definition) is 3. The molecule has 2 nitrogen and oxygen atoms in total. The van der Waals surface area contributed by atoms with Crippen LogP contribution >= 0.6 is 12.6 Å². The second-order valence-corrected chi connectivity index (χ2v) is 7.43. The Labute approximate surface area is 162 Å². The van der Waals surface area contributed by atoms with Crippen LogP contribution < -0.4 is 0 Å². The summed E-state index contributed by atoms with van der Waals surface area (Å²) >= 11 is 4.02. The van der Waals surface area contributed by atoms with Gasteiger partial charge in [-0.3, -0.25) is 4.79 Å². The number of carbonyl (C=O) groups excluding carboxylic acids is 1. The molecule has 0 rings (SSSR count). The van der Waals surface area contributed by atoms with E-state index >= 15 is 0 Å². The number of rotatable bonds is 19. The molecule has 0 unspecified atom stereocenters. The molecule has 0 saturated heterocycles. The number of hydrogen-bond donors (Lipinski definition) is 1. The molecular formula is C22H42O2S. The molecule has 0 fully saturated rings. The molecule has 3 heteroatoms. The van der Waals surface area contributed by atoms with Crippen LogP contribution in [0, 0.1) is 0 Å². The zero-order chi connectivity index (χ0) is 18.4. The van der Waals surface area contributed by atoms with Crippen LogP contribution in [-0.2, 0) is 9.53 Å². The summed E-state index contributed by atoms with van der Waals surface area (Å²) in [7, 11) is 0. The Morgan fingerprint density at radius 3 is 1.76 bits per heavy atom. The third-order valence-corrected chi connectivity index (χ3v) is 4.68. The molecule has 0 bridgehead atoms. The maximum Gasteiger partial charge on any atom is 0.305 e. The molecule has 0 aromatic heterocycles. The van der Waals surface area contributed by atoms with Crippen LogP contribution in [0.15, 0.2) is 12.2 Å². The van der Waals surface area contributed by atoms with E-state index in [-0.39, 0.29) is 5.97 Å². The minimum Gasteiger partial charge on any atom is -0.465 e. The van der Waals surface area contributed by atoms with Crippen molar-refractivity contribution in [2.24, 2.45) is 0 Å². The summed E-state index contributed by atoms with van der Waals surface area (Å²) < 4.78 is 5.00. The van der Waals surface area contributed by atoms with Crippen LogP contribution in [0.25, 0.3) is 0 Å². The van der Waals surface area contributed by atoms with E-state index in [1.807, 2.05) is 0 Å². The van der Waals surface area contributed by atoms with Crippen LogP contribution in [-0.4, -0.2) is 18.3 Å². The van der Waals surface area contributed by atoms with E-state index in [4.69, 9.17) is 4.74 Å². The van der Waals surface area contributed by atoms with Gasteiger partial charge in [-0.05, 0) is 32.1 Å². The van der Waals surface area contributed by atoms with Crippen molar-refractivity contribution in [2.45, 2.75) is 110 Å². The summed E-state index contributed by atoms with van der Waals surface area (Å²) in [4.78, 5) is 11.3. The van der Waals surface area contributed by atoms with Gasteiger partial charge in [-0.15, -0.1) is 0 Å². The van der Waals surface area contributed by atoms with Crippen molar-refractivity contribution in [3.05, 3.63) is 12.2 Å². The molecule has 0 heterocycles. The standard InChI is InChI=1S/C22H42O2S/c1-2-3-4-5-6-7-8-9-10-11-12-13-14-15-16-17-18-19-22(23)24-20-21-25/h9-10,25H,2-8,11-21H2,1H3/b10-9+. The van der Waals surface area contributed by atoms with Gasteiger partial charge in [0, 0.05) is 12.2 Å². The first-order valence-electron chi connectivity index (χ1n) is 10.7. The lowest BCUT2D eigenvalue weighted by Crippen LogP contribution is -2.06. The second kappa shape index (κ2) is 21.6. The van der Waals surface area contributed by atoms with Crippen molar-refractivity contribution < 1.29 is 9.53 Å². The van der Waals surface area contributed by atoms with Gasteiger partial charge in [-0.1, -0.05) is 83.3 Å². The molecule has 0 N–H and O–H groups in total. The van der Waals surface area contributed by atoms with Crippen LogP contribution in [0.1, 0.15) is 110 Å². The second-order valence-electron chi connectivity index (χ2n) is 6.99. The van der Waals surface area contributed by atoms with Gasteiger partial charge < -0.3 is 4.74 Å². The quantitative estimate of drug-likeness (QED) is 0.112. The number of esters is 1. The summed E-state index contributed by atoms with van der Waals surface area (Å²) in [6.45, 7) is 2.71. The Morgan fingerprint density at radius 2 is 1.24 bits per heavy atom. The molecule has 0 spiro atoms. The largest absolute Gasteiger partial charge is 0.465 e. The van der Waals surface area contributed by atoms with Crippen molar-refractivity contribution in [3.8, 4) is 0 Å². The minimum atomic E-state index is -0.0678. The topological polar surface area (TPSA) is 26.3 Å². The average molecular weight is 371 g/mol. The highest BCUT2D eigenvalue weighted by Crippen LogP contribution is 2.11. The Kier molecular flexibility index (Phi) is 21.2. The highest BCUT2D eigenvalue weighted by molar-refractivity contribution is 7.80. The van der Waals surface area contributed by atoms with E-state index in [0.29, 0.717) is 18.8 Å². The predicted octanol–water partition coefficient (Wildman–Crippen LogP) is 7.28. The van der Waals surface area contributed by atoms with E-state index in [9.17, 15) is 4.79 Å². The third-order valence-electron chi connectivity index (χ3n) is 4.50. The highest BCUT2D eigenvalue weighted by Gasteiger charge is 2.01. The van der Waals surface area contributed by atoms with Gasteiger partial charge in [0.15, 0.2) is 0 Å². The van der Waals surface area contributed by atoms with Gasteiger partial charge in [0.2, 0.25) is 0 Å². The van der Waals surface area contributed by atoms with E-state index in [1.165, 1.54) is 83.5 Å². The molecule has 0 aromatic carbocycles. The highest BCUT2D eigenvalue weighted by atomic mass is 32.1. The van der Waals surface area contributed by atoms with Gasteiger partial charge in [0.1, 0.15) is 6.61 Å². The zero-order valence-corrected chi connectivity index (χ0v) is 17.5. The van der Waals surface area contributed by atoms with Crippen molar-refractivity contribution in [1.29, 1.82) is 0 Å². The number of carbonyl (C=O) groups is 1. The molecule has 25 heavy (non-hydrogen) atoms. The molecule has 0 aliphatic heterocycles. The van der Waals surface area contributed by atoms with Crippen molar-refractivity contribution in [2.75, 3.05) is 12.4 Å². The maximum atomic E-state index is 11.3. The van der Waals surface area contributed by atoms with Gasteiger partial charge in [0.25, 0.3) is 0 Å². The Hall–Kier alpha value is -0.440. The van der Waals surface area contributed by atoms with Crippen molar-refractivity contribution >= 4 is 18.6 Å². The molecule has 0 aliphatic carbocycles. The molecule has 0 atom stereocenters. The summed E-state index contributed by atoms with van der Waals surface area (Å²) in [5.74, 6) is 0.543. The normalized spacial score (nSPS) is 11.3. The molecule has 0 aromatic rings. The first-order valence-corrected chi connectivity index (χ1v) is 11.4. The fourth-order valence-electron chi connectivity index (χ4n) is 2.93. The van der Waals surface area contributed by atoms with Gasteiger partial charge >= 0.3 is 5.97 Å². The predicted molar refractivity (Wildman–Crippen MR) is 113 cm³/mol. The monoisotopic (exact) mass is 370 g/mol. The Morgan fingerprint density at radius 1 is 0.760 bits per heavy atom. The fourth-order valence-corrected chi connectivity index (χ4v) is 3.02. The van der Waals surface area contributed by atoms with Crippen molar-refractivity contribution in [3.63, 3.8) is 0 Å². The summed E-state index contributed by atoms with van der Waals surface area (Å²) in [6.07, 6.45) is 24.8. The first-order chi connectivity index (χ1) is 12.3. The van der Waals surface area contributed by atoms with E-state index < -0.39 is 0 Å². The summed E-state index contributed by atoms with van der Waals surface area (Å²) in [5, 5.41) is 0. The number of ether oxygens (including phenoxy) is 1. The molecule has 0 saturated carbocycles. The number of allylic oxidation sites excluding steroid dienone is 2. The van der Waals surface area contributed by atoms with E-state index in [0.717, 1.165) is 12.8 Å². The van der Waals surface area contributed by atoms with Gasteiger partial charge in [-0.2, -0.15) is 12.6 Å². The molecule has 0 aliphatic rings.